The van der Waals surface area contributed by atoms with Gasteiger partial charge < -0.3 is 9.84 Å². The number of sulfonamides is 1. The minimum atomic E-state index is -3.80. The highest BCUT2D eigenvalue weighted by molar-refractivity contribution is 7.89. The number of aliphatic carboxylic acids is 1. The summed E-state index contributed by atoms with van der Waals surface area (Å²) in [4.78, 5) is 10.2. The van der Waals surface area contributed by atoms with Crippen molar-refractivity contribution in [2.45, 2.75) is 4.90 Å². The van der Waals surface area contributed by atoms with Gasteiger partial charge in [0.2, 0.25) is 10.0 Å². The Hall–Kier alpha value is -1.60. The number of methoxy groups -OCH3 is 1. The molecule has 88 valence electrons. The summed E-state index contributed by atoms with van der Waals surface area (Å²) in [7, 11) is -2.39. The van der Waals surface area contributed by atoms with E-state index in [0.717, 1.165) is 0 Å². The minimum absolute atomic E-state index is 0.0342. The lowest BCUT2D eigenvalue weighted by atomic mass is 10.3. The van der Waals surface area contributed by atoms with Crippen molar-refractivity contribution in [2.24, 2.45) is 0 Å². The molecule has 6 nitrogen and oxygen atoms in total. The van der Waals surface area contributed by atoms with Gasteiger partial charge in [-0.15, -0.1) is 0 Å². The Kier molecular flexibility index (Phi) is 3.86. The molecule has 1 aromatic carbocycles. The van der Waals surface area contributed by atoms with Crippen LogP contribution in [-0.2, 0) is 14.8 Å². The number of carboxylic acid groups (broad SMARTS) is 1. The fraction of sp³-hybridized carbons (Fsp3) is 0.222. The topological polar surface area (TPSA) is 92.7 Å². The highest BCUT2D eigenvalue weighted by atomic mass is 32.2. The van der Waals surface area contributed by atoms with Gasteiger partial charge >= 0.3 is 5.97 Å². The van der Waals surface area contributed by atoms with E-state index in [1.807, 2.05) is 4.72 Å². The molecular weight excluding hydrogens is 234 g/mol. The van der Waals surface area contributed by atoms with Crippen molar-refractivity contribution in [1.82, 2.24) is 4.72 Å². The van der Waals surface area contributed by atoms with E-state index in [0.29, 0.717) is 5.75 Å². The Balaban J connectivity index is 2.93. The molecule has 0 saturated heterocycles. The van der Waals surface area contributed by atoms with Gasteiger partial charge in [-0.3, -0.25) is 4.79 Å². The fourth-order valence-electron chi connectivity index (χ4n) is 1.01. The number of rotatable bonds is 5. The van der Waals surface area contributed by atoms with Gasteiger partial charge in [0.05, 0.1) is 12.0 Å². The SMILES string of the molecule is COc1cccc(S(=O)(=O)NCC(=O)O)c1. The first kappa shape index (κ1) is 12.5. The second-order valence-electron chi connectivity index (χ2n) is 2.90. The molecule has 0 unspecified atom stereocenters. The smallest absolute Gasteiger partial charge is 0.318 e. The molecule has 0 amide bonds. The average molecular weight is 245 g/mol. The molecule has 0 bridgehead atoms. The first-order chi connectivity index (χ1) is 7.45. The van der Waals surface area contributed by atoms with E-state index in [4.69, 9.17) is 9.84 Å². The van der Waals surface area contributed by atoms with E-state index in [1.165, 1.54) is 25.3 Å². The zero-order valence-electron chi connectivity index (χ0n) is 8.50. The van der Waals surface area contributed by atoms with Gasteiger partial charge in [-0.2, -0.15) is 4.72 Å². The van der Waals surface area contributed by atoms with Crippen molar-refractivity contribution in [1.29, 1.82) is 0 Å². The molecule has 0 heterocycles. The fourth-order valence-corrected chi connectivity index (χ4v) is 2.02. The van der Waals surface area contributed by atoms with Crippen molar-refractivity contribution < 1.29 is 23.1 Å². The van der Waals surface area contributed by atoms with Crippen LogP contribution >= 0.6 is 0 Å². The number of hydrogen-bond acceptors (Lipinski definition) is 4. The third-order valence-corrected chi connectivity index (χ3v) is 3.16. The lowest BCUT2D eigenvalue weighted by Gasteiger charge is -2.06. The van der Waals surface area contributed by atoms with E-state index < -0.39 is 22.5 Å². The molecule has 0 atom stereocenters. The first-order valence-electron chi connectivity index (χ1n) is 4.31. The number of benzene rings is 1. The monoisotopic (exact) mass is 245 g/mol. The quantitative estimate of drug-likeness (QED) is 0.765. The Morgan fingerprint density at radius 3 is 2.75 bits per heavy atom. The van der Waals surface area contributed by atoms with Crippen LogP contribution in [0.4, 0.5) is 0 Å². The Bertz CT molecular complexity index is 482. The molecular formula is C9H11NO5S. The van der Waals surface area contributed by atoms with Crippen LogP contribution in [0.5, 0.6) is 5.75 Å². The Morgan fingerprint density at radius 2 is 2.19 bits per heavy atom. The van der Waals surface area contributed by atoms with Gasteiger partial charge in [0.1, 0.15) is 12.3 Å². The number of ether oxygens (including phenoxy) is 1. The van der Waals surface area contributed by atoms with Crippen LogP contribution in [0.3, 0.4) is 0 Å². The third kappa shape index (κ3) is 3.21. The molecule has 0 spiro atoms. The van der Waals surface area contributed by atoms with Crippen LogP contribution < -0.4 is 9.46 Å². The molecule has 0 saturated carbocycles. The van der Waals surface area contributed by atoms with Gasteiger partial charge in [-0.05, 0) is 12.1 Å². The summed E-state index contributed by atoms with van der Waals surface area (Å²) in [5.41, 5.74) is 0. The van der Waals surface area contributed by atoms with Crippen LogP contribution in [0.25, 0.3) is 0 Å². The maximum absolute atomic E-state index is 11.6. The van der Waals surface area contributed by atoms with Crippen LogP contribution in [0.15, 0.2) is 29.2 Å². The first-order valence-corrected chi connectivity index (χ1v) is 5.79. The van der Waals surface area contributed by atoms with E-state index >= 15 is 0 Å². The molecule has 0 aromatic heterocycles. The van der Waals surface area contributed by atoms with Crippen LogP contribution in [0, 0.1) is 0 Å². The maximum atomic E-state index is 11.6. The summed E-state index contributed by atoms with van der Waals surface area (Å²) in [6, 6.07) is 5.77. The van der Waals surface area contributed by atoms with Gasteiger partial charge in [0, 0.05) is 6.07 Å². The van der Waals surface area contributed by atoms with Gasteiger partial charge in [-0.25, -0.2) is 8.42 Å². The van der Waals surface area contributed by atoms with Crippen LogP contribution in [-0.4, -0.2) is 33.1 Å². The summed E-state index contributed by atoms with van der Waals surface area (Å²) in [5, 5.41) is 8.37. The van der Waals surface area contributed by atoms with E-state index in [-0.39, 0.29) is 4.90 Å². The molecule has 16 heavy (non-hydrogen) atoms. The van der Waals surface area contributed by atoms with E-state index in [2.05, 4.69) is 0 Å². The summed E-state index contributed by atoms with van der Waals surface area (Å²) in [5.74, 6) is -0.857. The van der Waals surface area contributed by atoms with Crippen molar-refractivity contribution in [2.75, 3.05) is 13.7 Å². The molecule has 1 rings (SSSR count). The average Bonchev–Trinajstić information content (AvgIpc) is 2.27. The van der Waals surface area contributed by atoms with Gasteiger partial charge in [0.15, 0.2) is 0 Å². The van der Waals surface area contributed by atoms with E-state index in [9.17, 15) is 13.2 Å². The molecule has 7 heteroatoms. The highest BCUT2D eigenvalue weighted by Crippen LogP contribution is 2.16. The maximum Gasteiger partial charge on any atom is 0.318 e. The predicted molar refractivity (Wildman–Crippen MR) is 55.8 cm³/mol. The van der Waals surface area contributed by atoms with Gasteiger partial charge in [-0.1, -0.05) is 6.07 Å². The Morgan fingerprint density at radius 1 is 1.50 bits per heavy atom. The summed E-state index contributed by atoms with van der Waals surface area (Å²) in [6.45, 7) is -0.653. The minimum Gasteiger partial charge on any atom is -0.497 e. The van der Waals surface area contributed by atoms with Crippen LogP contribution in [0.1, 0.15) is 0 Å². The predicted octanol–water partition coefficient (Wildman–Crippen LogP) is 0.0581. The standard InChI is InChI=1S/C9H11NO5S/c1-15-7-3-2-4-8(5-7)16(13,14)10-6-9(11)12/h2-5,10H,6H2,1H3,(H,11,12). The molecule has 0 aliphatic carbocycles. The van der Waals surface area contributed by atoms with E-state index in [1.54, 1.807) is 6.07 Å². The lowest BCUT2D eigenvalue weighted by molar-refractivity contribution is -0.135. The molecule has 0 fully saturated rings. The second-order valence-corrected chi connectivity index (χ2v) is 4.66. The number of nitrogens with one attached hydrogen (secondary N) is 1. The molecule has 2 N–H and O–H groups in total. The second kappa shape index (κ2) is 4.95. The zero-order chi connectivity index (χ0) is 12.2. The van der Waals surface area contributed by atoms with Crippen molar-refractivity contribution >= 4 is 16.0 Å². The number of carboxylic acids is 1. The third-order valence-electron chi connectivity index (χ3n) is 1.76. The zero-order valence-corrected chi connectivity index (χ0v) is 9.32. The molecule has 0 aliphatic heterocycles. The van der Waals surface area contributed by atoms with Crippen molar-refractivity contribution in [3.8, 4) is 5.75 Å². The normalized spacial score (nSPS) is 11.1. The van der Waals surface area contributed by atoms with Crippen molar-refractivity contribution in [3.05, 3.63) is 24.3 Å². The molecule has 0 radical (unpaired) electrons. The highest BCUT2D eigenvalue weighted by Gasteiger charge is 2.15. The van der Waals surface area contributed by atoms with Crippen LogP contribution in [0.2, 0.25) is 0 Å². The number of carbonyl (C=O) groups is 1. The Labute approximate surface area is 92.9 Å². The molecule has 0 aliphatic rings. The number of hydrogen-bond donors (Lipinski definition) is 2. The summed E-state index contributed by atoms with van der Waals surface area (Å²) < 4.78 is 30.0. The summed E-state index contributed by atoms with van der Waals surface area (Å²) in [6.07, 6.45) is 0. The lowest BCUT2D eigenvalue weighted by Crippen LogP contribution is -2.29. The summed E-state index contributed by atoms with van der Waals surface area (Å²) >= 11 is 0. The van der Waals surface area contributed by atoms with Crippen molar-refractivity contribution in [3.63, 3.8) is 0 Å². The van der Waals surface area contributed by atoms with Gasteiger partial charge in [0.25, 0.3) is 0 Å². The molecule has 1 aromatic rings. The largest absolute Gasteiger partial charge is 0.497 e.